The van der Waals surface area contributed by atoms with E-state index in [-0.39, 0.29) is 28.8 Å². The molecule has 2 amide bonds. The summed E-state index contributed by atoms with van der Waals surface area (Å²) in [6.45, 7) is 3.67. The molecule has 1 aliphatic heterocycles. The molecule has 1 aromatic carbocycles. The number of carbonyl (C=O) groups is 2. The summed E-state index contributed by atoms with van der Waals surface area (Å²) in [7, 11) is 0. The highest BCUT2D eigenvalue weighted by Gasteiger charge is 2.27. The van der Waals surface area contributed by atoms with Crippen LogP contribution in [0, 0.1) is 10.1 Å². The lowest BCUT2D eigenvalue weighted by Gasteiger charge is -2.34. The Kier molecular flexibility index (Phi) is 5.70. The molecule has 0 spiro atoms. The first-order valence-electron chi connectivity index (χ1n) is 8.54. The van der Waals surface area contributed by atoms with Crippen LogP contribution in [0.1, 0.15) is 27.0 Å². The van der Waals surface area contributed by atoms with E-state index in [1.807, 2.05) is 11.4 Å². The Morgan fingerprint density at radius 2 is 1.81 bits per heavy atom. The van der Waals surface area contributed by atoms with Gasteiger partial charge in [0.05, 0.1) is 16.4 Å². The number of nitro groups is 1. The fourth-order valence-corrected chi connectivity index (χ4v) is 3.61. The molecule has 1 aliphatic rings. The highest BCUT2D eigenvalue weighted by Crippen LogP contribution is 2.28. The number of nitro benzene ring substituents is 1. The largest absolute Gasteiger partial charge is 0.487 e. The maximum Gasteiger partial charge on any atom is 0.311 e. The molecule has 0 unspecified atom stereocenters. The first-order chi connectivity index (χ1) is 13.0. The molecule has 2 aromatic rings. The Morgan fingerprint density at radius 3 is 2.37 bits per heavy atom. The van der Waals surface area contributed by atoms with Crippen LogP contribution in [0.4, 0.5) is 5.69 Å². The highest BCUT2D eigenvalue weighted by molar-refractivity contribution is 7.12. The van der Waals surface area contributed by atoms with E-state index in [0.717, 1.165) is 0 Å². The van der Waals surface area contributed by atoms with Crippen molar-refractivity contribution in [3.05, 3.63) is 56.3 Å². The van der Waals surface area contributed by atoms with Crippen molar-refractivity contribution in [3.63, 3.8) is 0 Å². The number of nitrogens with zero attached hydrogens (tertiary/aromatic N) is 3. The summed E-state index contributed by atoms with van der Waals surface area (Å²) in [4.78, 5) is 39.8. The number of benzene rings is 1. The predicted molar refractivity (Wildman–Crippen MR) is 100 cm³/mol. The Labute approximate surface area is 160 Å². The van der Waals surface area contributed by atoms with Gasteiger partial charge < -0.3 is 14.5 Å². The van der Waals surface area contributed by atoms with Crippen LogP contribution in [-0.4, -0.2) is 59.3 Å². The second-order valence-corrected chi connectivity index (χ2v) is 6.88. The van der Waals surface area contributed by atoms with Crippen molar-refractivity contribution in [1.82, 2.24) is 9.80 Å². The van der Waals surface area contributed by atoms with Gasteiger partial charge in [-0.25, -0.2) is 0 Å². The molecule has 0 radical (unpaired) electrons. The highest BCUT2D eigenvalue weighted by atomic mass is 32.1. The number of piperazine rings is 1. The van der Waals surface area contributed by atoms with Crippen LogP contribution in [0.2, 0.25) is 0 Å². The van der Waals surface area contributed by atoms with Crippen LogP contribution in [0.15, 0.2) is 35.7 Å². The number of rotatable bonds is 5. The van der Waals surface area contributed by atoms with E-state index in [4.69, 9.17) is 4.74 Å². The molecule has 0 atom stereocenters. The maximum atomic E-state index is 12.7. The maximum absolute atomic E-state index is 12.7. The summed E-state index contributed by atoms with van der Waals surface area (Å²) in [5, 5.41) is 13.1. The molecule has 0 N–H and O–H groups in total. The van der Waals surface area contributed by atoms with E-state index < -0.39 is 4.92 Å². The van der Waals surface area contributed by atoms with Gasteiger partial charge >= 0.3 is 5.69 Å². The lowest BCUT2D eigenvalue weighted by Crippen LogP contribution is -2.50. The molecule has 0 saturated carbocycles. The van der Waals surface area contributed by atoms with E-state index in [1.54, 1.807) is 22.8 Å². The Hall–Kier alpha value is -2.94. The van der Waals surface area contributed by atoms with Crippen LogP contribution in [0.5, 0.6) is 5.75 Å². The summed E-state index contributed by atoms with van der Waals surface area (Å²) in [6.07, 6.45) is 0. The number of amides is 2. The minimum atomic E-state index is -0.556. The van der Waals surface area contributed by atoms with Gasteiger partial charge in [-0.3, -0.25) is 19.7 Å². The monoisotopic (exact) mass is 389 g/mol. The lowest BCUT2D eigenvalue weighted by molar-refractivity contribution is -0.385. The van der Waals surface area contributed by atoms with Gasteiger partial charge in [0, 0.05) is 37.8 Å². The molecule has 0 aliphatic carbocycles. The third-order valence-electron chi connectivity index (χ3n) is 4.29. The summed E-state index contributed by atoms with van der Waals surface area (Å²) in [6, 6.07) is 7.84. The molecular formula is C18H19N3O5S. The molecule has 1 fully saturated rings. The van der Waals surface area contributed by atoms with Gasteiger partial charge in [-0.05, 0) is 30.5 Å². The van der Waals surface area contributed by atoms with Crippen LogP contribution in [0.25, 0.3) is 0 Å². The van der Waals surface area contributed by atoms with Crippen molar-refractivity contribution in [3.8, 4) is 5.75 Å². The van der Waals surface area contributed by atoms with Crippen molar-refractivity contribution in [1.29, 1.82) is 0 Å². The third-order valence-corrected chi connectivity index (χ3v) is 5.15. The van der Waals surface area contributed by atoms with E-state index in [9.17, 15) is 19.7 Å². The van der Waals surface area contributed by atoms with E-state index in [1.165, 1.54) is 29.5 Å². The van der Waals surface area contributed by atoms with Gasteiger partial charge in [-0.1, -0.05) is 6.07 Å². The van der Waals surface area contributed by atoms with Crippen molar-refractivity contribution in [2.45, 2.75) is 6.92 Å². The summed E-state index contributed by atoms with van der Waals surface area (Å²) in [5.74, 6) is -0.177. The van der Waals surface area contributed by atoms with Gasteiger partial charge in [-0.15, -0.1) is 11.3 Å². The minimum absolute atomic E-state index is 0.0335. The molecule has 8 nitrogen and oxygen atoms in total. The fraction of sp³-hybridized carbons (Fsp3) is 0.333. The zero-order valence-corrected chi connectivity index (χ0v) is 15.6. The fourth-order valence-electron chi connectivity index (χ4n) is 2.92. The normalized spacial score (nSPS) is 14.1. The molecule has 27 heavy (non-hydrogen) atoms. The molecule has 1 saturated heterocycles. The van der Waals surface area contributed by atoms with Gasteiger partial charge in [0.15, 0.2) is 5.75 Å². The van der Waals surface area contributed by atoms with E-state index >= 15 is 0 Å². The van der Waals surface area contributed by atoms with Gasteiger partial charge in [0.1, 0.15) is 0 Å². The number of hydrogen-bond donors (Lipinski definition) is 0. The minimum Gasteiger partial charge on any atom is -0.487 e. The second-order valence-electron chi connectivity index (χ2n) is 5.93. The Morgan fingerprint density at radius 1 is 1.15 bits per heavy atom. The van der Waals surface area contributed by atoms with Crippen molar-refractivity contribution < 1.29 is 19.2 Å². The van der Waals surface area contributed by atoms with Crippen molar-refractivity contribution >= 4 is 28.8 Å². The number of hydrogen-bond acceptors (Lipinski definition) is 6. The topological polar surface area (TPSA) is 93.0 Å². The Bertz CT molecular complexity index is 845. The molecule has 3 rings (SSSR count). The Balaban J connectivity index is 1.68. The van der Waals surface area contributed by atoms with E-state index in [0.29, 0.717) is 37.7 Å². The average Bonchev–Trinajstić information content (AvgIpc) is 3.22. The zero-order chi connectivity index (χ0) is 19.4. The molecule has 0 bridgehead atoms. The predicted octanol–water partition coefficient (Wildman–Crippen LogP) is 2.65. The number of carbonyl (C=O) groups excluding carboxylic acids is 2. The molecule has 1 aromatic heterocycles. The molecular weight excluding hydrogens is 370 g/mol. The number of ether oxygens (including phenoxy) is 1. The van der Waals surface area contributed by atoms with Gasteiger partial charge in [0.2, 0.25) is 0 Å². The van der Waals surface area contributed by atoms with Crippen LogP contribution < -0.4 is 4.74 Å². The zero-order valence-electron chi connectivity index (χ0n) is 14.8. The molecule has 9 heteroatoms. The quantitative estimate of drug-likeness (QED) is 0.579. The van der Waals surface area contributed by atoms with Crippen LogP contribution in [0.3, 0.4) is 0 Å². The molecule has 2 heterocycles. The van der Waals surface area contributed by atoms with Crippen LogP contribution >= 0.6 is 11.3 Å². The second kappa shape index (κ2) is 8.17. The first-order valence-corrected chi connectivity index (χ1v) is 9.42. The van der Waals surface area contributed by atoms with Crippen molar-refractivity contribution in [2.24, 2.45) is 0 Å². The van der Waals surface area contributed by atoms with Crippen molar-refractivity contribution in [2.75, 3.05) is 32.8 Å². The SMILES string of the molecule is CCOc1ccc(C(=O)N2CCN(C(=O)c3cccs3)CC2)cc1[N+](=O)[O-]. The number of thiophene rings is 1. The first kappa shape index (κ1) is 18.8. The third kappa shape index (κ3) is 4.08. The van der Waals surface area contributed by atoms with E-state index in [2.05, 4.69) is 0 Å². The smallest absolute Gasteiger partial charge is 0.311 e. The summed E-state index contributed by atoms with van der Waals surface area (Å²) < 4.78 is 5.24. The summed E-state index contributed by atoms with van der Waals surface area (Å²) in [5.41, 5.74) is 0.0115. The van der Waals surface area contributed by atoms with Gasteiger partial charge in [-0.2, -0.15) is 0 Å². The standard InChI is InChI=1S/C18H19N3O5S/c1-2-26-15-6-5-13(12-14(15)21(24)25)17(22)19-7-9-20(10-8-19)18(23)16-4-3-11-27-16/h3-6,11-12H,2,7-10H2,1H3. The summed E-state index contributed by atoms with van der Waals surface area (Å²) >= 11 is 1.39. The average molecular weight is 389 g/mol. The molecule has 142 valence electrons. The van der Waals surface area contributed by atoms with Crippen LogP contribution in [-0.2, 0) is 0 Å². The van der Waals surface area contributed by atoms with Gasteiger partial charge in [0.25, 0.3) is 11.8 Å². The lowest BCUT2D eigenvalue weighted by atomic mass is 10.1.